The Balaban J connectivity index is 4.13. The van der Waals surface area contributed by atoms with Crippen molar-refractivity contribution in [2.24, 2.45) is 0 Å². The topological polar surface area (TPSA) is 29.5 Å². The molecule has 0 aliphatic rings. The first-order chi connectivity index (χ1) is 4.65. The summed E-state index contributed by atoms with van der Waals surface area (Å²) in [6.07, 6.45) is -8.54. The van der Waals surface area contributed by atoms with Gasteiger partial charge >= 0.3 is 12.5 Å². The lowest BCUT2D eigenvalue weighted by molar-refractivity contribution is -0.378. The molecule has 0 unspecified atom stereocenters. The number of rotatable bonds is 3. The van der Waals surface area contributed by atoms with E-state index < -0.39 is 18.3 Å². The second-order valence-electron chi connectivity index (χ2n) is 2.41. The fourth-order valence-corrected chi connectivity index (χ4v) is 0.378. The molecule has 0 radical (unpaired) electrons. The van der Waals surface area contributed by atoms with Gasteiger partial charge in [0.1, 0.15) is 0 Å². The Morgan fingerprint density at radius 1 is 1.27 bits per heavy atom. The summed E-state index contributed by atoms with van der Waals surface area (Å²) in [5.41, 5.74) is 0. The summed E-state index contributed by atoms with van der Waals surface area (Å²) in [6, 6.07) is 0. The van der Waals surface area contributed by atoms with Gasteiger partial charge in [-0.25, -0.2) is 8.78 Å². The first-order valence-electron chi connectivity index (χ1n) is 2.73. The van der Waals surface area contributed by atoms with Crippen molar-refractivity contribution in [1.82, 2.24) is 0 Å². The average molecular weight is 176 g/mol. The van der Waals surface area contributed by atoms with Crippen LogP contribution in [0.5, 0.6) is 0 Å². The Hall–Kier alpha value is -0.360. The van der Waals surface area contributed by atoms with E-state index in [2.05, 4.69) is 4.74 Å². The van der Waals surface area contributed by atoms with Crippen molar-refractivity contribution in [3.05, 3.63) is 0 Å². The predicted octanol–water partition coefficient (Wildman–Crippen LogP) is 1.59. The lowest BCUT2D eigenvalue weighted by atomic mass is 10.4. The second kappa shape index (κ2) is 2.94. The summed E-state index contributed by atoms with van der Waals surface area (Å²) in [4.78, 5) is 0. The molecule has 0 aliphatic heterocycles. The van der Waals surface area contributed by atoms with Gasteiger partial charge in [-0.2, -0.15) is 8.78 Å². The Morgan fingerprint density at radius 2 is 1.64 bits per heavy atom. The SMILES string of the molecule is CC(C)(O)OC(F)(F)C(F)F. The summed E-state index contributed by atoms with van der Waals surface area (Å²) >= 11 is 0. The molecule has 0 saturated carbocycles. The normalized spacial score (nSPS) is 14.2. The van der Waals surface area contributed by atoms with Crippen LogP contribution in [0.15, 0.2) is 0 Å². The molecule has 0 rings (SSSR count). The first kappa shape index (κ1) is 10.6. The van der Waals surface area contributed by atoms with Gasteiger partial charge in [-0.1, -0.05) is 0 Å². The minimum absolute atomic E-state index is 0.837. The van der Waals surface area contributed by atoms with Crippen molar-refractivity contribution in [2.75, 3.05) is 0 Å². The van der Waals surface area contributed by atoms with E-state index in [4.69, 9.17) is 5.11 Å². The quantitative estimate of drug-likeness (QED) is 0.522. The van der Waals surface area contributed by atoms with Gasteiger partial charge in [-0.15, -0.1) is 0 Å². The van der Waals surface area contributed by atoms with Gasteiger partial charge in [0.2, 0.25) is 0 Å². The summed E-state index contributed by atoms with van der Waals surface area (Å²) in [6.45, 7) is 1.67. The van der Waals surface area contributed by atoms with Crippen LogP contribution in [0, 0.1) is 0 Å². The fourth-order valence-electron chi connectivity index (χ4n) is 0.378. The zero-order chi connectivity index (χ0) is 9.28. The van der Waals surface area contributed by atoms with E-state index in [1.165, 1.54) is 0 Å². The average Bonchev–Trinajstić information content (AvgIpc) is 1.56. The number of hydrogen-bond acceptors (Lipinski definition) is 2. The molecule has 0 heterocycles. The molecule has 0 aromatic heterocycles. The van der Waals surface area contributed by atoms with Gasteiger partial charge in [0.15, 0.2) is 5.79 Å². The highest BCUT2D eigenvalue weighted by Crippen LogP contribution is 2.28. The van der Waals surface area contributed by atoms with Crippen molar-refractivity contribution in [2.45, 2.75) is 32.2 Å². The summed E-state index contributed by atoms with van der Waals surface area (Å²) in [5.74, 6) is -2.26. The monoisotopic (exact) mass is 176 g/mol. The zero-order valence-electron chi connectivity index (χ0n) is 5.94. The van der Waals surface area contributed by atoms with Gasteiger partial charge in [-0.05, 0) is 13.8 Å². The summed E-state index contributed by atoms with van der Waals surface area (Å²) < 4.78 is 49.9. The van der Waals surface area contributed by atoms with Crippen molar-refractivity contribution < 1.29 is 27.4 Å². The summed E-state index contributed by atoms with van der Waals surface area (Å²) in [5, 5.41) is 8.57. The predicted molar refractivity (Wildman–Crippen MR) is 28.3 cm³/mol. The van der Waals surface area contributed by atoms with E-state index in [-0.39, 0.29) is 0 Å². The number of alkyl halides is 4. The van der Waals surface area contributed by atoms with Gasteiger partial charge in [-0.3, -0.25) is 4.74 Å². The minimum Gasteiger partial charge on any atom is -0.366 e. The first-order valence-corrected chi connectivity index (χ1v) is 2.73. The lowest BCUT2D eigenvalue weighted by Crippen LogP contribution is -2.39. The van der Waals surface area contributed by atoms with Crippen molar-refractivity contribution >= 4 is 0 Å². The highest BCUT2D eigenvalue weighted by molar-refractivity contribution is 4.60. The van der Waals surface area contributed by atoms with Crippen LogP contribution in [0.2, 0.25) is 0 Å². The van der Waals surface area contributed by atoms with E-state index in [1.807, 2.05) is 0 Å². The van der Waals surface area contributed by atoms with Gasteiger partial charge < -0.3 is 5.11 Å². The molecule has 0 aliphatic carbocycles. The molecule has 2 nitrogen and oxygen atoms in total. The third-order valence-corrected chi connectivity index (χ3v) is 0.640. The lowest BCUT2D eigenvalue weighted by Gasteiger charge is -2.24. The highest BCUT2D eigenvalue weighted by atomic mass is 19.3. The molecule has 0 aromatic rings. The van der Waals surface area contributed by atoms with Crippen LogP contribution >= 0.6 is 0 Å². The smallest absolute Gasteiger partial charge is 0.366 e. The van der Waals surface area contributed by atoms with Crippen molar-refractivity contribution in [1.29, 1.82) is 0 Å². The number of aliphatic hydroxyl groups is 1. The molecule has 68 valence electrons. The van der Waals surface area contributed by atoms with Crippen LogP contribution < -0.4 is 0 Å². The molecular weight excluding hydrogens is 168 g/mol. The Labute approximate surface area is 60.8 Å². The van der Waals surface area contributed by atoms with Gasteiger partial charge in [0.05, 0.1) is 0 Å². The van der Waals surface area contributed by atoms with Gasteiger partial charge in [0, 0.05) is 0 Å². The van der Waals surface area contributed by atoms with E-state index in [9.17, 15) is 17.6 Å². The largest absolute Gasteiger partial charge is 0.418 e. The molecule has 0 amide bonds. The zero-order valence-corrected chi connectivity index (χ0v) is 5.94. The Bertz CT molecular complexity index is 129. The highest BCUT2D eigenvalue weighted by Gasteiger charge is 2.46. The standard InChI is InChI=1S/C5H8F4O2/c1-4(2,10)11-5(8,9)3(6)7/h3,10H,1-2H3. The van der Waals surface area contributed by atoms with Crippen LogP contribution in [0.4, 0.5) is 17.6 Å². The third-order valence-electron chi connectivity index (χ3n) is 0.640. The molecule has 0 fully saturated rings. The molecule has 0 spiro atoms. The van der Waals surface area contributed by atoms with Crippen molar-refractivity contribution in [3.63, 3.8) is 0 Å². The molecule has 0 aromatic carbocycles. The minimum atomic E-state index is -4.60. The molecule has 1 N–H and O–H groups in total. The van der Waals surface area contributed by atoms with E-state index in [0.29, 0.717) is 0 Å². The molecule has 0 atom stereocenters. The third kappa shape index (κ3) is 4.15. The second-order valence-corrected chi connectivity index (χ2v) is 2.41. The molecule has 11 heavy (non-hydrogen) atoms. The van der Waals surface area contributed by atoms with Crippen molar-refractivity contribution in [3.8, 4) is 0 Å². The Morgan fingerprint density at radius 3 is 1.73 bits per heavy atom. The molecular formula is C5H8F4O2. The van der Waals surface area contributed by atoms with Crippen LogP contribution in [0.3, 0.4) is 0 Å². The van der Waals surface area contributed by atoms with E-state index in [1.54, 1.807) is 0 Å². The summed E-state index contributed by atoms with van der Waals surface area (Å²) in [7, 11) is 0. The maximum atomic E-state index is 11.9. The molecule has 0 bridgehead atoms. The van der Waals surface area contributed by atoms with Crippen LogP contribution in [-0.4, -0.2) is 23.4 Å². The number of ether oxygens (including phenoxy) is 1. The van der Waals surface area contributed by atoms with Gasteiger partial charge in [0.25, 0.3) is 0 Å². The molecule has 6 heteroatoms. The van der Waals surface area contributed by atoms with Crippen LogP contribution in [-0.2, 0) is 4.74 Å². The van der Waals surface area contributed by atoms with Crippen LogP contribution in [0.25, 0.3) is 0 Å². The number of halogens is 4. The maximum absolute atomic E-state index is 11.9. The number of hydrogen-bond donors (Lipinski definition) is 1. The van der Waals surface area contributed by atoms with E-state index in [0.717, 1.165) is 13.8 Å². The fraction of sp³-hybridized carbons (Fsp3) is 1.00. The van der Waals surface area contributed by atoms with Crippen LogP contribution in [0.1, 0.15) is 13.8 Å². The maximum Gasteiger partial charge on any atom is 0.418 e. The Kier molecular flexibility index (Phi) is 2.85. The van der Waals surface area contributed by atoms with E-state index >= 15 is 0 Å². The molecule has 0 saturated heterocycles.